The van der Waals surface area contributed by atoms with Crippen LogP contribution in [-0.2, 0) is 16.8 Å². The van der Waals surface area contributed by atoms with Crippen molar-refractivity contribution in [2.45, 2.75) is 0 Å². The van der Waals surface area contributed by atoms with Gasteiger partial charge in [-0.2, -0.15) is 19.1 Å². The number of benzene rings is 1. The summed E-state index contributed by atoms with van der Waals surface area (Å²) in [6, 6.07) is 13.5. The number of fused-ring (bicyclic) bond motifs is 2. The Morgan fingerprint density at radius 2 is 1.90 bits per heavy atom. The van der Waals surface area contributed by atoms with Gasteiger partial charge in [0.15, 0.2) is 17.3 Å². The lowest BCUT2D eigenvalue weighted by Crippen LogP contribution is -2.03. The maximum Gasteiger partial charge on any atom is 0.229 e. The van der Waals surface area contributed by atoms with Crippen molar-refractivity contribution in [1.29, 1.82) is 0 Å². The zero-order valence-corrected chi connectivity index (χ0v) is 18.0. The fourth-order valence-corrected chi connectivity index (χ4v) is 3.87. The Bertz CT molecular complexity index is 1550. The van der Waals surface area contributed by atoms with Crippen molar-refractivity contribution in [1.82, 2.24) is 29.3 Å². The van der Waals surface area contributed by atoms with Gasteiger partial charge >= 0.3 is 0 Å². The predicted octanol–water partition coefficient (Wildman–Crippen LogP) is 3.80. The molecule has 0 saturated heterocycles. The first-order valence-corrected chi connectivity index (χ1v) is 11.9. The summed E-state index contributed by atoms with van der Waals surface area (Å²) in [6.07, 6.45) is 8.57. The number of pyridine rings is 1. The summed E-state index contributed by atoms with van der Waals surface area (Å²) in [6.45, 7) is 0. The Morgan fingerprint density at radius 3 is 2.74 bits per heavy atom. The van der Waals surface area contributed by atoms with E-state index in [0.29, 0.717) is 23.2 Å². The quantitative estimate of drug-likeness (QED) is 0.463. The molecule has 0 aliphatic carbocycles. The highest BCUT2D eigenvalue weighted by Crippen LogP contribution is 2.23. The van der Waals surface area contributed by atoms with Crippen molar-refractivity contribution >= 4 is 49.1 Å². The van der Waals surface area contributed by atoms with Gasteiger partial charge in [-0.25, -0.2) is 14.2 Å². The molecule has 0 radical (unpaired) electrons. The van der Waals surface area contributed by atoms with Crippen LogP contribution in [0.1, 0.15) is 0 Å². The second kappa shape index (κ2) is 7.17. The minimum absolute atomic E-state index is 0.388. The van der Waals surface area contributed by atoms with Crippen LogP contribution in [0.5, 0.6) is 0 Å². The molecule has 0 saturated carbocycles. The third kappa shape index (κ3) is 3.84. The van der Waals surface area contributed by atoms with Crippen molar-refractivity contribution in [3.05, 3.63) is 61.1 Å². The van der Waals surface area contributed by atoms with E-state index in [1.165, 1.54) is 5.39 Å². The summed E-state index contributed by atoms with van der Waals surface area (Å²) in [5, 5.41) is 9.62. The third-order valence-electron chi connectivity index (χ3n) is 4.70. The van der Waals surface area contributed by atoms with E-state index in [1.54, 1.807) is 47.8 Å². The molecule has 1 aromatic carbocycles. The fourth-order valence-electron chi connectivity index (χ4n) is 3.32. The van der Waals surface area contributed by atoms with Gasteiger partial charge in [0.1, 0.15) is 0 Å². The van der Waals surface area contributed by atoms with Gasteiger partial charge in [0.2, 0.25) is 5.95 Å². The first kappa shape index (κ1) is 19.2. The van der Waals surface area contributed by atoms with Gasteiger partial charge in [-0.3, -0.25) is 0 Å². The number of anilines is 2. The zero-order chi connectivity index (χ0) is 21.6. The van der Waals surface area contributed by atoms with Gasteiger partial charge < -0.3 is 9.88 Å². The van der Waals surface area contributed by atoms with Crippen molar-refractivity contribution in [2.24, 2.45) is 11.4 Å². The minimum Gasteiger partial charge on any atom is -0.350 e. The first-order chi connectivity index (χ1) is 14.9. The first-order valence-electron chi connectivity index (χ1n) is 9.53. The molecule has 156 valence electrons. The third-order valence-corrected chi connectivity index (χ3v) is 5.33. The SMILES string of the molecule is Cn1ccc2ccc(Nc3ncc4cnn(-c5cccc(N=S(C)(C)=O)n5)c4n3)cc21. The lowest BCUT2D eigenvalue weighted by Gasteiger charge is -2.07. The molecule has 0 aliphatic heterocycles. The normalized spacial score (nSPS) is 11.8. The van der Waals surface area contributed by atoms with E-state index >= 15 is 0 Å². The molecule has 10 heteroatoms. The van der Waals surface area contributed by atoms with Crippen LogP contribution < -0.4 is 5.32 Å². The summed E-state index contributed by atoms with van der Waals surface area (Å²) in [5.41, 5.74) is 2.61. The molecular formula is C21H20N8OS. The maximum atomic E-state index is 12.0. The lowest BCUT2D eigenvalue weighted by atomic mass is 10.2. The molecule has 0 atom stereocenters. The van der Waals surface area contributed by atoms with E-state index in [1.807, 2.05) is 19.3 Å². The molecule has 0 aliphatic rings. The highest BCUT2D eigenvalue weighted by atomic mass is 32.2. The van der Waals surface area contributed by atoms with E-state index in [-0.39, 0.29) is 0 Å². The number of aromatic nitrogens is 6. The van der Waals surface area contributed by atoms with Crippen LogP contribution in [0.4, 0.5) is 17.5 Å². The summed E-state index contributed by atoms with van der Waals surface area (Å²) >= 11 is 0. The number of hydrogen-bond acceptors (Lipinski definition) is 7. The number of rotatable bonds is 4. The molecule has 0 bridgehead atoms. The van der Waals surface area contributed by atoms with Gasteiger partial charge in [0.05, 0.1) is 11.6 Å². The molecule has 5 aromatic rings. The molecule has 31 heavy (non-hydrogen) atoms. The second-order valence-electron chi connectivity index (χ2n) is 7.48. The molecular weight excluding hydrogens is 412 g/mol. The van der Waals surface area contributed by atoms with Crippen molar-refractivity contribution < 1.29 is 4.21 Å². The Balaban J connectivity index is 1.53. The fraction of sp³-hybridized carbons (Fsp3) is 0.143. The largest absolute Gasteiger partial charge is 0.350 e. The van der Waals surface area contributed by atoms with Gasteiger partial charge in [-0.15, -0.1) is 0 Å². The number of hydrogen-bond donors (Lipinski definition) is 1. The molecule has 0 unspecified atom stereocenters. The maximum absolute atomic E-state index is 12.0. The summed E-state index contributed by atoms with van der Waals surface area (Å²) in [7, 11) is -0.306. The molecule has 1 N–H and O–H groups in total. The van der Waals surface area contributed by atoms with Gasteiger partial charge in [-0.1, -0.05) is 12.1 Å². The average Bonchev–Trinajstić information content (AvgIpc) is 3.30. The van der Waals surface area contributed by atoms with Crippen molar-refractivity contribution in [2.75, 3.05) is 17.8 Å². The van der Waals surface area contributed by atoms with E-state index in [9.17, 15) is 4.21 Å². The molecule has 0 fully saturated rings. The summed E-state index contributed by atoms with van der Waals surface area (Å²) in [5.74, 6) is 1.38. The number of nitrogens with zero attached hydrogens (tertiary/aromatic N) is 7. The Morgan fingerprint density at radius 1 is 1.03 bits per heavy atom. The predicted molar refractivity (Wildman–Crippen MR) is 123 cm³/mol. The van der Waals surface area contributed by atoms with Crippen molar-refractivity contribution in [3.63, 3.8) is 0 Å². The number of aryl methyl sites for hydroxylation is 1. The average molecular weight is 433 g/mol. The molecule has 9 nitrogen and oxygen atoms in total. The Hall–Kier alpha value is -3.79. The van der Waals surface area contributed by atoms with E-state index < -0.39 is 9.73 Å². The van der Waals surface area contributed by atoms with Crippen LogP contribution >= 0.6 is 0 Å². The van der Waals surface area contributed by atoms with Gasteiger partial charge in [0.25, 0.3) is 0 Å². The van der Waals surface area contributed by atoms with E-state index in [4.69, 9.17) is 0 Å². The molecule has 0 spiro atoms. The summed E-state index contributed by atoms with van der Waals surface area (Å²) < 4.78 is 19.9. The lowest BCUT2D eigenvalue weighted by molar-refractivity contribution is 0.684. The molecule has 4 heterocycles. The molecule has 0 amide bonds. The van der Waals surface area contributed by atoms with Crippen molar-refractivity contribution in [3.8, 4) is 5.82 Å². The minimum atomic E-state index is -2.32. The highest BCUT2D eigenvalue weighted by Gasteiger charge is 2.11. The van der Waals surface area contributed by atoms with E-state index in [2.05, 4.69) is 52.5 Å². The van der Waals surface area contributed by atoms with Crippen LogP contribution in [-0.4, -0.2) is 46.0 Å². The monoisotopic (exact) mass is 432 g/mol. The standard InChI is InChI=1S/C21H20N8OS/c1-28-10-9-14-7-8-16(11-17(14)28)24-21-22-12-15-13-23-29(20(15)26-21)19-6-4-5-18(25-19)27-31(2,3)30/h4-13H,1-3H3,(H,22,24,26). The van der Waals surface area contributed by atoms with Crippen LogP contribution in [0.15, 0.2) is 65.4 Å². The molecule has 5 rings (SSSR count). The van der Waals surface area contributed by atoms with Crippen LogP contribution in [0.2, 0.25) is 0 Å². The molecule has 4 aromatic heterocycles. The van der Waals surface area contributed by atoms with Crippen LogP contribution in [0.25, 0.3) is 27.8 Å². The van der Waals surface area contributed by atoms with Gasteiger partial charge in [-0.05, 0) is 35.7 Å². The second-order valence-corrected chi connectivity index (χ2v) is 10.0. The summed E-state index contributed by atoms with van der Waals surface area (Å²) in [4.78, 5) is 13.5. The zero-order valence-electron chi connectivity index (χ0n) is 17.2. The topological polar surface area (TPSA) is 103 Å². The van der Waals surface area contributed by atoms with Crippen LogP contribution in [0, 0.1) is 0 Å². The van der Waals surface area contributed by atoms with Crippen LogP contribution in [0.3, 0.4) is 0 Å². The Kier molecular flexibility index (Phi) is 4.44. The Labute approximate surface area is 179 Å². The number of nitrogens with one attached hydrogen (secondary N) is 1. The van der Waals surface area contributed by atoms with Gasteiger partial charge in [0, 0.05) is 52.9 Å². The smallest absolute Gasteiger partial charge is 0.229 e. The highest BCUT2D eigenvalue weighted by molar-refractivity contribution is 7.92. The van der Waals surface area contributed by atoms with E-state index in [0.717, 1.165) is 16.6 Å².